The number of nitrogens with zero attached hydrogens (tertiary/aromatic N) is 1. The number of halogens is 2. The second-order valence-corrected chi connectivity index (χ2v) is 5.57. The number of amides is 2. The lowest BCUT2D eigenvalue weighted by Crippen LogP contribution is -2.61. The van der Waals surface area contributed by atoms with Gasteiger partial charge in [0.15, 0.2) is 0 Å². The van der Waals surface area contributed by atoms with E-state index in [0.717, 1.165) is 0 Å². The fraction of sp³-hybridized carbons (Fsp3) is 0.467. The number of carbonyl (C=O) groups excluding carboxylic acids is 2. The van der Waals surface area contributed by atoms with E-state index in [4.69, 9.17) is 5.73 Å². The maximum atomic E-state index is 14.3. The summed E-state index contributed by atoms with van der Waals surface area (Å²) in [4.78, 5) is 23.9. The number of aliphatic hydroxyl groups is 1. The minimum absolute atomic E-state index is 0.137. The van der Waals surface area contributed by atoms with Crippen LogP contribution in [0.1, 0.15) is 24.8 Å². The van der Waals surface area contributed by atoms with Crippen LogP contribution in [-0.4, -0.2) is 39.9 Å². The van der Waals surface area contributed by atoms with Crippen LogP contribution in [0.25, 0.3) is 0 Å². The molecule has 2 rings (SSSR count). The molecule has 0 aliphatic heterocycles. The van der Waals surface area contributed by atoms with Gasteiger partial charge >= 0.3 is 5.92 Å². The minimum atomic E-state index is -3.94. The van der Waals surface area contributed by atoms with Gasteiger partial charge in [-0.2, -0.15) is 8.78 Å². The van der Waals surface area contributed by atoms with Crippen LogP contribution in [-0.2, 0) is 16.1 Å². The van der Waals surface area contributed by atoms with Crippen LogP contribution < -0.4 is 5.73 Å². The van der Waals surface area contributed by atoms with Gasteiger partial charge in [-0.1, -0.05) is 30.3 Å². The van der Waals surface area contributed by atoms with E-state index < -0.39 is 29.9 Å². The Hall–Kier alpha value is -2.02. The summed E-state index contributed by atoms with van der Waals surface area (Å²) in [6.07, 6.45) is 0.164. The topological polar surface area (TPSA) is 83.6 Å². The standard InChI is InChI=1S/C15H18F2N2O3/c16-15(17,14(22)7-4-8-14)13(21)19(10-12(18)20)9-11-5-2-1-3-6-11/h1-3,5-6,22H,4,7-10H2,(H2,18,20). The summed E-state index contributed by atoms with van der Waals surface area (Å²) < 4.78 is 28.5. The molecule has 1 aromatic rings. The average Bonchev–Trinajstić information content (AvgIpc) is 2.43. The van der Waals surface area contributed by atoms with E-state index in [1.165, 1.54) is 0 Å². The quantitative estimate of drug-likeness (QED) is 0.823. The van der Waals surface area contributed by atoms with Gasteiger partial charge in [0.1, 0.15) is 5.60 Å². The van der Waals surface area contributed by atoms with Crippen LogP contribution in [0.4, 0.5) is 8.78 Å². The molecule has 1 aromatic carbocycles. The van der Waals surface area contributed by atoms with Crippen LogP contribution in [0.2, 0.25) is 0 Å². The lowest BCUT2D eigenvalue weighted by Gasteiger charge is -2.43. The smallest absolute Gasteiger partial charge is 0.352 e. The Morgan fingerprint density at radius 1 is 1.27 bits per heavy atom. The molecule has 1 saturated carbocycles. The van der Waals surface area contributed by atoms with Crippen molar-refractivity contribution in [1.29, 1.82) is 0 Å². The van der Waals surface area contributed by atoms with E-state index in [-0.39, 0.29) is 19.4 Å². The zero-order chi connectivity index (χ0) is 16.4. The maximum Gasteiger partial charge on any atom is 0.352 e. The van der Waals surface area contributed by atoms with Crippen molar-refractivity contribution in [2.45, 2.75) is 37.3 Å². The van der Waals surface area contributed by atoms with E-state index in [2.05, 4.69) is 0 Å². The number of hydrogen-bond donors (Lipinski definition) is 2. The van der Waals surface area contributed by atoms with E-state index in [1.54, 1.807) is 30.3 Å². The molecule has 2 amide bonds. The van der Waals surface area contributed by atoms with Crippen molar-refractivity contribution < 1.29 is 23.5 Å². The Morgan fingerprint density at radius 2 is 1.86 bits per heavy atom. The molecule has 0 spiro atoms. The molecule has 7 heteroatoms. The van der Waals surface area contributed by atoms with Gasteiger partial charge in [-0.05, 0) is 24.8 Å². The molecule has 1 aliphatic rings. The molecular weight excluding hydrogens is 294 g/mol. The fourth-order valence-corrected chi connectivity index (χ4v) is 2.41. The summed E-state index contributed by atoms with van der Waals surface area (Å²) >= 11 is 0. The Morgan fingerprint density at radius 3 is 2.32 bits per heavy atom. The van der Waals surface area contributed by atoms with Gasteiger partial charge in [0.25, 0.3) is 5.91 Å². The average molecular weight is 312 g/mol. The van der Waals surface area contributed by atoms with Gasteiger partial charge in [-0.15, -0.1) is 0 Å². The highest BCUT2D eigenvalue weighted by Gasteiger charge is 2.62. The first-order chi connectivity index (χ1) is 10.3. The van der Waals surface area contributed by atoms with Crippen molar-refractivity contribution in [2.24, 2.45) is 5.73 Å². The molecule has 0 radical (unpaired) electrons. The highest BCUT2D eigenvalue weighted by atomic mass is 19.3. The number of benzene rings is 1. The molecule has 1 aliphatic carbocycles. The molecule has 3 N–H and O–H groups in total. The summed E-state index contributed by atoms with van der Waals surface area (Å²) in [5, 5.41) is 9.84. The molecule has 0 unspecified atom stereocenters. The van der Waals surface area contributed by atoms with Gasteiger partial charge in [0.2, 0.25) is 5.91 Å². The molecule has 0 bridgehead atoms. The van der Waals surface area contributed by atoms with Crippen molar-refractivity contribution in [3.05, 3.63) is 35.9 Å². The van der Waals surface area contributed by atoms with E-state index >= 15 is 0 Å². The number of nitrogens with two attached hydrogens (primary N) is 1. The predicted molar refractivity (Wildman–Crippen MR) is 74.8 cm³/mol. The summed E-state index contributed by atoms with van der Waals surface area (Å²) in [7, 11) is 0. The molecule has 5 nitrogen and oxygen atoms in total. The van der Waals surface area contributed by atoms with Crippen molar-refractivity contribution in [1.82, 2.24) is 4.90 Å². The van der Waals surface area contributed by atoms with Gasteiger partial charge in [-0.25, -0.2) is 0 Å². The number of rotatable bonds is 6. The third-order valence-corrected chi connectivity index (χ3v) is 3.88. The monoisotopic (exact) mass is 312 g/mol. The van der Waals surface area contributed by atoms with Crippen molar-refractivity contribution >= 4 is 11.8 Å². The Bertz CT molecular complexity index is 559. The first-order valence-electron chi connectivity index (χ1n) is 6.98. The fourth-order valence-electron chi connectivity index (χ4n) is 2.41. The van der Waals surface area contributed by atoms with Gasteiger partial charge in [0.05, 0.1) is 6.54 Å². The highest BCUT2D eigenvalue weighted by Crippen LogP contribution is 2.45. The summed E-state index contributed by atoms with van der Waals surface area (Å²) in [5.41, 5.74) is 3.31. The van der Waals surface area contributed by atoms with Crippen LogP contribution in [0.5, 0.6) is 0 Å². The summed E-state index contributed by atoms with van der Waals surface area (Å²) in [6.45, 7) is -0.798. The van der Waals surface area contributed by atoms with E-state index in [1.807, 2.05) is 0 Å². The molecule has 0 aromatic heterocycles. The Balaban J connectivity index is 2.21. The zero-order valence-corrected chi connectivity index (χ0v) is 12.0. The van der Waals surface area contributed by atoms with Gasteiger partial charge in [-0.3, -0.25) is 9.59 Å². The van der Waals surface area contributed by atoms with Crippen LogP contribution >= 0.6 is 0 Å². The Labute approximate surface area is 126 Å². The van der Waals surface area contributed by atoms with Gasteiger partial charge < -0.3 is 15.7 Å². The molecule has 1 fully saturated rings. The van der Waals surface area contributed by atoms with Crippen molar-refractivity contribution in [3.63, 3.8) is 0 Å². The van der Waals surface area contributed by atoms with Crippen LogP contribution in [0.15, 0.2) is 30.3 Å². The largest absolute Gasteiger partial charge is 0.383 e. The number of carbonyl (C=O) groups is 2. The third-order valence-electron chi connectivity index (χ3n) is 3.88. The predicted octanol–water partition coefficient (Wildman–Crippen LogP) is 1.05. The first-order valence-corrected chi connectivity index (χ1v) is 6.98. The molecule has 0 atom stereocenters. The second kappa shape index (κ2) is 6.00. The third kappa shape index (κ3) is 3.09. The maximum absolute atomic E-state index is 14.3. The normalized spacial score (nSPS) is 16.7. The van der Waals surface area contributed by atoms with Crippen molar-refractivity contribution in [2.75, 3.05) is 6.54 Å². The summed E-state index contributed by atoms with van der Waals surface area (Å²) in [6, 6.07) is 8.43. The van der Waals surface area contributed by atoms with E-state index in [0.29, 0.717) is 16.9 Å². The van der Waals surface area contributed by atoms with Gasteiger partial charge in [0, 0.05) is 6.54 Å². The lowest BCUT2D eigenvalue weighted by molar-refractivity contribution is -0.223. The lowest BCUT2D eigenvalue weighted by atomic mass is 9.75. The van der Waals surface area contributed by atoms with E-state index in [9.17, 15) is 23.5 Å². The minimum Gasteiger partial charge on any atom is -0.383 e. The first kappa shape index (κ1) is 16.4. The molecular formula is C15H18F2N2O3. The Kier molecular flexibility index (Phi) is 4.46. The van der Waals surface area contributed by atoms with Crippen LogP contribution in [0, 0.1) is 0 Å². The SMILES string of the molecule is NC(=O)CN(Cc1ccccc1)C(=O)C(F)(F)C1(O)CCC1. The van der Waals surface area contributed by atoms with Crippen LogP contribution in [0.3, 0.4) is 0 Å². The molecule has 0 saturated heterocycles. The molecule has 22 heavy (non-hydrogen) atoms. The highest BCUT2D eigenvalue weighted by molar-refractivity contribution is 5.89. The zero-order valence-electron chi connectivity index (χ0n) is 12.0. The molecule has 120 valence electrons. The number of alkyl halides is 2. The van der Waals surface area contributed by atoms with Crippen molar-refractivity contribution in [3.8, 4) is 0 Å². The number of primary amides is 1. The molecule has 0 heterocycles. The number of hydrogen-bond acceptors (Lipinski definition) is 3. The second-order valence-electron chi connectivity index (χ2n) is 5.57. The summed E-state index contributed by atoms with van der Waals surface area (Å²) in [5.74, 6) is -6.40.